The van der Waals surface area contributed by atoms with Gasteiger partial charge in [-0.25, -0.2) is 0 Å². The standard InChI is InChI=1S/C27H39NO6/c1-18(9-7-5-6-8-10-23(29)16-26(32)33)27(34)20(3)15-19(2)24(30)17-25(31)21-11-13-22(28-4)14-12-21/h5-14,18-20,23-24,27-30,34H,15-17H2,1-4H3,(H,32,33). The number of aliphatic hydroxyl groups is 3. The van der Waals surface area contributed by atoms with E-state index >= 15 is 0 Å². The summed E-state index contributed by atoms with van der Waals surface area (Å²) in [5, 5.41) is 42.2. The van der Waals surface area contributed by atoms with E-state index in [9.17, 15) is 24.9 Å². The van der Waals surface area contributed by atoms with Crippen LogP contribution in [0, 0.1) is 17.8 Å². The highest BCUT2D eigenvalue weighted by atomic mass is 16.4. The zero-order valence-corrected chi connectivity index (χ0v) is 20.5. The minimum atomic E-state index is -1.06. The molecular weight excluding hydrogens is 434 g/mol. The highest BCUT2D eigenvalue weighted by molar-refractivity contribution is 5.96. The van der Waals surface area contributed by atoms with Crippen molar-refractivity contribution in [3.8, 4) is 0 Å². The van der Waals surface area contributed by atoms with Crippen LogP contribution in [0.4, 0.5) is 5.69 Å². The molecule has 0 amide bonds. The molecule has 7 heteroatoms. The van der Waals surface area contributed by atoms with Crippen LogP contribution in [-0.2, 0) is 4.79 Å². The van der Waals surface area contributed by atoms with Crippen molar-refractivity contribution in [2.75, 3.05) is 12.4 Å². The molecule has 1 aromatic carbocycles. The van der Waals surface area contributed by atoms with Crippen LogP contribution >= 0.6 is 0 Å². The molecule has 1 rings (SSSR count). The van der Waals surface area contributed by atoms with Crippen LogP contribution < -0.4 is 5.32 Å². The van der Waals surface area contributed by atoms with Crippen LogP contribution in [0.15, 0.2) is 60.7 Å². The summed E-state index contributed by atoms with van der Waals surface area (Å²) in [4.78, 5) is 23.0. The first-order valence-electron chi connectivity index (χ1n) is 11.6. The van der Waals surface area contributed by atoms with Crippen molar-refractivity contribution >= 4 is 17.4 Å². The highest BCUT2D eigenvalue weighted by Crippen LogP contribution is 2.25. The summed E-state index contributed by atoms with van der Waals surface area (Å²) in [6.07, 6.45) is 7.86. The van der Waals surface area contributed by atoms with E-state index in [-0.39, 0.29) is 36.4 Å². The maximum atomic E-state index is 12.5. The Morgan fingerprint density at radius 1 is 0.882 bits per heavy atom. The van der Waals surface area contributed by atoms with Crippen molar-refractivity contribution in [1.82, 2.24) is 0 Å². The summed E-state index contributed by atoms with van der Waals surface area (Å²) in [6.45, 7) is 5.72. The largest absolute Gasteiger partial charge is 0.481 e. The Labute approximate surface area is 202 Å². The summed E-state index contributed by atoms with van der Waals surface area (Å²) in [6, 6.07) is 7.14. The fourth-order valence-electron chi connectivity index (χ4n) is 3.65. The van der Waals surface area contributed by atoms with Gasteiger partial charge in [0.25, 0.3) is 0 Å². The molecule has 0 aliphatic heterocycles. The van der Waals surface area contributed by atoms with Crippen molar-refractivity contribution in [1.29, 1.82) is 0 Å². The third-order valence-electron chi connectivity index (χ3n) is 5.88. The van der Waals surface area contributed by atoms with Crippen LogP contribution in [0.3, 0.4) is 0 Å². The number of hydrogen-bond donors (Lipinski definition) is 5. The molecule has 6 unspecified atom stereocenters. The van der Waals surface area contributed by atoms with Crippen molar-refractivity contribution in [2.24, 2.45) is 17.8 Å². The SMILES string of the molecule is CNc1ccc(C(=O)CC(O)C(C)CC(C)C(O)C(C)C=CC=CC=CC(O)CC(=O)O)cc1. The van der Waals surface area contributed by atoms with Crippen LogP contribution in [-0.4, -0.2) is 57.5 Å². The number of rotatable bonds is 15. The maximum absolute atomic E-state index is 12.5. The summed E-state index contributed by atoms with van der Waals surface area (Å²) in [5.74, 6) is -1.53. The van der Waals surface area contributed by atoms with Crippen molar-refractivity contribution in [3.63, 3.8) is 0 Å². The molecule has 0 aromatic heterocycles. The summed E-state index contributed by atoms with van der Waals surface area (Å²) < 4.78 is 0. The van der Waals surface area contributed by atoms with Crippen molar-refractivity contribution < 1.29 is 30.0 Å². The minimum Gasteiger partial charge on any atom is -0.481 e. The normalized spacial score (nSPS) is 17.5. The second kappa shape index (κ2) is 15.2. The van der Waals surface area contributed by atoms with Crippen molar-refractivity contribution in [3.05, 3.63) is 66.3 Å². The number of carboxylic acids is 1. The number of aliphatic hydroxyl groups excluding tert-OH is 3. The van der Waals surface area contributed by atoms with Gasteiger partial charge in [0.05, 0.1) is 24.7 Å². The van der Waals surface area contributed by atoms with Crippen LogP contribution in [0.1, 0.15) is 50.4 Å². The topological polar surface area (TPSA) is 127 Å². The van der Waals surface area contributed by atoms with E-state index in [1.807, 2.05) is 46.0 Å². The Kier molecular flexibility index (Phi) is 13.1. The Morgan fingerprint density at radius 2 is 1.47 bits per heavy atom. The van der Waals surface area contributed by atoms with E-state index < -0.39 is 24.3 Å². The molecule has 0 fully saturated rings. The zero-order valence-electron chi connectivity index (χ0n) is 20.5. The van der Waals surface area contributed by atoms with Crippen LogP contribution in [0.5, 0.6) is 0 Å². The second-order valence-electron chi connectivity index (χ2n) is 8.88. The molecule has 0 radical (unpaired) electrons. The van der Waals surface area contributed by atoms with Crippen molar-refractivity contribution in [2.45, 2.75) is 58.3 Å². The molecule has 0 heterocycles. The van der Waals surface area contributed by atoms with E-state index in [2.05, 4.69) is 5.32 Å². The molecule has 0 saturated carbocycles. The first kappa shape index (κ1) is 29.3. The van der Waals surface area contributed by atoms with Gasteiger partial charge in [0.15, 0.2) is 5.78 Å². The lowest BCUT2D eigenvalue weighted by molar-refractivity contribution is -0.138. The van der Waals surface area contributed by atoms with Gasteiger partial charge in [-0.3, -0.25) is 9.59 Å². The number of hydrogen-bond acceptors (Lipinski definition) is 6. The van der Waals surface area contributed by atoms with E-state index in [1.165, 1.54) is 6.08 Å². The van der Waals surface area contributed by atoms with E-state index in [4.69, 9.17) is 5.11 Å². The van der Waals surface area contributed by atoms with Gasteiger partial charge in [0.2, 0.25) is 0 Å². The number of ketones is 1. The predicted molar refractivity (Wildman–Crippen MR) is 135 cm³/mol. The van der Waals surface area contributed by atoms with Gasteiger partial charge in [-0.05, 0) is 42.5 Å². The molecular formula is C27H39NO6. The van der Waals surface area contributed by atoms with Gasteiger partial charge in [0, 0.05) is 30.6 Å². The molecule has 5 N–H and O–H groups in total. The lowest BCUT2D eigenvalue weighted by atomic mass is 9.83. The molecule has 188 valence electrons. The fourth-order valence-corrected chi connectivity index (χ4v) is 3.65. The van der Waals surface area contributed by atoms with Crippen LogP contribution in [0.25, 0.3) is 0 Å². The molecule has 6 atom stereocenters. The molecule has 0 spiro atoms. The van der Waals surface area contributed by atoms with Gasteiger partial charge >= 0.3 is 5.97 Å². The number of allylic oxidation sites excluding steroid dienone is 4. The lowest BCUT2D eigenvalue weighted by Crippen LogP contribution is -2.30. The molecule has 0 bridgehead atoms. The van der Waals surface area contributed by atoms with E-state index in [0.717, 1.165) is 5.69 Å². The minimum absolute atomic E-state index is 0.0395. The molecule has 7 nitrogen and oxygen atoms in total. The number of anilines is 1. The fraction of sp³-hybridized carbons (Fsp3) is 0.481. The smallest absolute Gasteiger partial charge is 0.306 e. The molecule has 1 aromatic rings. The third kappa shape index (κ3) is 10.9. The van der Waals surface area contributed by atoms with Gasteiger partial charge in [-0.1, -0.05) is 57.2 Å². The van der Waals surface area contributed by atoms with Gasteiger partial charge in [-0.15, -0.1) is 0 Å². The van der Waals surface area contributed by atoms with E-state index in [0.29, 0.717) is 12.0 Å². The number of Topliss-reactive ketones (excluding diaryl/α,β-unsaturated/α-hetero) is 1. The molecule has 0 aliphatic rings. The highest BCUT2D eigenvalue weighted by Gasteiger charge is 2.25. The van der Waals surface area contributed by atoms with Gasteiger partial charge < -0.3 is 25.7 Å². The van der Waals surface area contributed by atoms with E-state index in [1.54, 1.807) is 36.4 Å². The number of carbonyl (C=O) groups excluding carboxylic acids is 1. The number of benzene rings is 1. The number of nitrogens with one attached hydrogen (secondary N) is 1. The van der Waals surface area contributed by atoms with Gasteiger partial charge in [0.1, 0.15) is 0 Å². The summed E-state index contributed by atoms with van der Waals surface area (Å²) in [5.41, 5.74) is 1.48. The third-order valence-corrected chi connectivity index (χ3v) is 5.88. The first-order valence-corrected chi connectivity index (χ1v) is 11.6. The average Bonchev–Trinajstić information content (AvgIpc) is 2.79. The maximum Gasteiger partial charge on any atom is 0.306 e. The Morgan fingerprint density at radius 3 is 2.03 bits per heavy atom. The van der Waals surface area contributed by atoms with Crippen LogP contribution in [0.2, 0.25) is 0 Å². The quantitative estimate of drug-likeness (QED) is 0.194. The predicted octanol–water partition coefficient (Wildman–Crippen LogP) is 3.83. The zero-order chi connectivity index (χ0) is 25.7. The lowest BCUT2D eigenvalue weighted by Gasteiger charge is -2.27. The monoisotopic (exact) mass is 473 g/mol. The van der Waals surface area contributed by atoms with Gasteiger partial charge in [-0.2, -0.15) is 0 Å². The first-order chi connectivity index (χ1) is 16.0. The Hall–Kier alpha value is -2.74. The number of carbonyl (C=O) groups is 2. The Bertz CT molecular complexity index is 845. The number of aliphatic carboxylic acids is 1. The average molecular weight is 474 g/mol. The Balaban J connectivity index is 2.50. The molecule has 0 aliphatic carbocycles. The molecule has 0 saturated heterocycles. The summed E-state index contributed by atoms with van der Waals surface area (Å²) >= 11 is 0. The summed E-state index contributed by atoms with van der Waals surface area (Å²) in [7, 11) is 1.81. The molecule has 34 heavy (non-hydrogen) atoms. The number of carboxylic acid groups (broad SMARTS) is 1. The second-order valence-corrected chi connectivity index (χ2v) is 8.88.